The number of rotatable bonds is 4. The molecule has 6 heteroatoms. The zero-order valence-electron chi connectivity index (χ0n) is 16.7. The number of carbonyl (C=O) groups excluding carboxylic acids is 1. The smallest absolute Gasteiger partial charge is 0.336 e. The predicted octanol–water partition coefficient (Wildman–Crippen LogP) is 1.88. The molecule has 1 aliphatic rings. The van der Waals surface area contributed by atoms with Gasteiger partial charge in [0.15, 0.2) is 6.61 Å². The third-order valence-corrected chi connectivity index (χ3v) is 4.98. The van der Waals surface area contributed by atoms with Gasteiger partial charge >= 0.3 is 5.63 Å². The molecule has 3 rings (SSSR count). The quantitative estimate of drug-likeness (QED) is 0.802. The van der Waals surface area contributed by atoms with Crippen molar-refractivity contribution < 1.29 is 19.3 Å². The fourth-order valence-corrected chi connectivity index (χ4v) is 4.43. The number of quaternary nitrogens is 1. The molecule has 3 N–H and O–H groups in total. The lowest BCUT2D eigenvalue weighted by molar-refractivity contribution is -0.787. The number of ether oxygens (including phenoxy) is 1. The summed E-state index contributed by atoms with van der Waals surface area (Å²) in [4.78, 5) is 23.9. The molecule has 0 unspecified atom stereocenters. The number of benzene rings is 1. The first-order chi connectivity index (χ1) is 12.5. The van der Waals surface area contributed by atoms with E-state index in [1.165, 1.54) is 6.07 Å². The molecule has 2 heterocycles. The fraction of sp³-hybridized carbons (Fsp3) is 0.524. The highest BCUT2D eigenvalue weighted by molar-refractivity contribution is 5.81. The first-order valence-corrected chi connectivity index (χ1v) is 9.37. The molecule has 1 aliphatic heterocycles. The lowest BCUT2D eigenvalue weighted by Gasteiger charge is -2.43. The summed E-state index contributed by atoms with van der Waals surface area (Å²) in [5.41, 5.74) is 1.10. The SMILES string of the molecule is Cc1cc(=O)oc2cc(OCC(=O)NC3CC(C)(C)[NH2+]C(C)(C)C3)ccc12. The molecule has 2 aromatic rings. The predicted molar refractivity (Wildman–Crippen MR) is 104 cm³/mol. The normalized spacial score (nSPS) is 19.0. The Morgan fingerprint density at radius 3 is 2.56 bits per heavy atom. The molecule has 27 heavy (non-hydrogen) atoms. The van der Waals surface area contributed by atoms with Crippen molar-refractivity contribution in [1.29, 1.82) is 0 Å². The third kappa shape index (κ3) is 4.89. The van der Waals surface area contributed by atoms with Crippen molar-refractivity contribution in [2.45, 2.75) is 64.6 Å². The second-order valence-corrected chi connectivity index (χ2v) is 8.99. The molecule has 0 bridgehead atoms. The lowest BCUT2D eigenvalue weighted by Crippen LogP contribution is -3.06. The van der Waals surface area contributed by atoms with Gasteiger partial charge in [0.2, 0.25) is 0 Å². The minimum Gasteiger partial charge on any atom is -0.484 e. The Hall–Kier alpha value is -2.34. The van der Waals surface area contributed by atoms with E-state index < -0.39 is 5.63 Å². The molecule has 0 aliphatic carbocycles. The van der Waals surface area contributed by atoms with Gasteiger partial charge in [-0.1, -0.05) is 0 Å². The first kappa shape index (κ1) is 19.4. The monoisotopic (exact) mass is 373 g/mol. The largest absolute Gasteiger partial charge is 0.484 e. The lowest BCUT2D eigenvalue weighted by atomic mass is 9.79. The summed E-state index contributed by atoms with van der Waals surface area (Å²) in [7, 11) is 0. The van der Waals surface area contributed by atoms with Crippen molar-refractivity contribution in [3.8, 4) is 5.75 Å². The summed E-state index contributed by atoms with van der Waals surface area (Å²) in [6.45, 7) is 10.6. The fourth-order valence-electron chi connectivity index (χ4n) is 4.43. The Labute approximate surface area is 159 Å². The zero-order valence-corrected chi connectivity index (χ0v) is 16.7. The van der Waals surface area contributed by atoms with Gasteiger partial charge in [0.05, 0.1) is 11.1 Å². The Morgan fingerprint density at radius 1 is 1.22 bits per heavy atom. The Balaban J connectivity index is 1.62. The van der Waals surface area contributed by atoms with Crippen LogP contribution in [0.15, 0.2) is 33.5 Å². The van der Waals surface area contributed by atoms with Crippen LogP contribution in [-0.4, -0.2) is 29.6 Å². The van der Waals surface area contributed by atoms with E-state index in [1.54, 1.807) is 12.1 Å². The second kappa shape index (κ2) is 7.00. The van der Waals surface area contributed by atoms with Gasteiger partial charge in [0.25, 0.3) is 5.91 Å². The summed E-state index contributed by atoms with van der Waals surface area (Å²) in [5, 5.41) is 6.33. The number of aryl methyl sites for hydroxylation is 1. The molecular formula is C21H29N2O4+. The molecule has 0 radical (unpaired) electrons. The minimum atomic E-state index is -0.394. The van der Waals surface area contributed by atoms with Gasteiger partial charge < -0.3 is 19.8 Å². The van der Waals surface area contributed by atoms with E-state index in [0.29, 0.717) is 11.3 Å². The number of hydrogen-bond acceptors (Lipinski definition) is 4. The Kier molecular flexibility index (Phi) is 5.04. The summed E-state index contributed by atoms with van der Waals surface area (Å²) in [5.74, 6) is 0.364. The highest BCUT2D eigenvalue weighted by Gasteiger charge is 2.42. The number of carbonyl (C=O) groups is 1. The summed E-state index contributed by atoms with van der Waals surface area (Å²) in [6.07, 6.45) is 1.84. The van der Waals surface area contributed by atoms with Crippen molar-refractivity contribution in [2.24, 2.45) is 0 Å². The van der Waals surface area contributed by atoms with Gasteiger partial charge in [0.1, 0.15) is 11.3 Å². The van der Waals surface area contributed by atoms with E-state index in [9.17, 15) is 9.59 Å². The average molecular weight is 373 g/mol. The van der Waals surface area contributed by atoms with E-state index in [0.717, 1.165) is 23.8 Å². The van der Waals surface area contributed by atoms with Crippen LogP contribution in [0.25, 0.3) is 11.0 Å². The van der Waals surface area contributed by atoms with Crippen molar-refractivity contribution in [2.75, 3.05) is 6.61 Å². The molecule has 1 saturated heterocycles. The van der Waals surface area contributed by atoms with Gasteiger partial charge in [-0.2, -0.15) is 0 Å². The molecule has 0 saturated carbocycles. The maximum Gasteiger partial charge on any atom is 0.336 e. The minimum absolute atomic E-state index is 0.0668. The molecular weight excluding hydrogens is 344 g/mol. The van der Waals surface area contributed by atoms with Gasteiger partial charge in [-0.15, -0.1) is 0 Å². The molecule has 0 spiro atoms. The zero-order chi connectivity index (χ0) is 19.8. The van der Waals surface area contributed by atoms with Crippen LogP contribution >= 0.6 is 0 Å². The molecule has 1 aromatic heterocycles. The Bertz CT molecular complexity index is 898. The topological polar surface area (TPSA) is 85.1 Å². The van der Waals surface area contributed by atoms with E-state index in [2.05, 4.69) is 38.3 Å². The summed E-state index contributed by atoms with van der Waals surface area (Å²) < 4.78 is 10.8. The standard InChI is InChI=1S/C21H28N2O4/c1-13-8-19(25)27-17-9-15(6-7-16(13)17)26-12-18(24)22-14-10-20(2,3)23-21(4,5)11-14/h6-9,14,23H,10-12H2,1-5H3,(H,22,24)/p+1. The molecule has 1 aromatic carbocycles. The van der Waals surface area contributed by atoms with Crippen LogP contribution in [0.2, 0.25) is 0 Å². The first-order valence-electron chi connectivity index (χ1n) is 9.37. The van der Waals surface area contributed by atoms with Gasteiger partial charge in [-0.05, 0) is 52.3 Å². The van der Waals surface area contributed by atoms with E-state index in [-0.39, 0.29) is 29.6 Å². The third-order valence-electron chi connectivity index (χ3n) is 4.98. The van der Waals surface area contributed by atoms with Crippen LogP contribution in [0.1, 0.15) is 46.1 Å². The average Bonchev–Trinajstić information content (AvgIpc) is 2.49. The van der Waals surface area contributed by atoms with Gasteiger partial charge in [-0.25, -0.2) is 4.79 Å². The van der Waals surface area contributed by atoms with Gasteiger partial charge in [0, 0.05) is 36.4 Å². The summed E-state index contributed by atoms with van der Waals surface area (Å²) in [6, 6.07) is 6.86. The Morgan fingerprint density at radius 2 is 1.89 bits per heavy atom. The highest BCUT2D eigenvalue weighted by Crippen LogP contribution is 2.23. The van der Waals surface area contributed by atoms with Crippen molar-refractivity contribution in [3.63, 3.8) is 0 Å². The van der Waals surface area contributed by atoms with E-state index >= 15 is 0 Å². The second-order valence-electron chi connectivity index (χ2n) is 8.99. The van der Waals surface area contributed by atoms with Crippen LogP contribution in [-0.2, 0) is 4.79 Å². The number of nitrogens with two attached hydrogens (primary N) is 1. The molecule has 1 fully saturated rings. The van der Waals surface area contributed by atoms with Crippen LogP contribution in [0.5, 0.6) is 5.75 Å². The number of piperidine rings is 1. The van der Waals surface area contributed by atoms with Crippen molar-refractivity contribution >= 4 is 16.9 Å². The van der Waals surface area contributed by atoms with E-state index in [4.69, 9.17) is 9.15 Å². The highest BCUT2D eigenvalue weighted by atomic mass is 16.5. The van der Waals surface area contributed by atoms with E-state index in [1.807, 2.05) is 13.0 Å². The van der Waals surface area contributed by atoms with Crippen molar-refractivity contribution in [3.05, 3.63) is 40.2 Å². The van der Waals surface area contributed by atoms with Crippen LogP contribution in [0.4, 0.5) is 0 Å². The molecule has 0 atom stereocenters. The molecule has 6 nitrogen and oxygen atoms in total. The number of amides is 1. The number of nitrogens with one attached hydrogen (secondary N) is 1. The van der Waals surface area contributed by atoms with Crippen LogP contribution < -0.4 is 21.0 Å². The number of hydrogen-bond donors (Lipinski definition) is 2. The van der Waals surface area contributed by atoms with Gasteiger partial charge in [-0.3, -0.25) is 4.79 Å². The molecule has 146 valence electrons. The maximum atomic E-state index is 12.4. The summed E-state index contributed by atoms with van der Waals surface area (Å²) >= 11 is 0. The van der Waals surface area contributed by atoms with Crippen LogP contribution in [0.3, 0.4) is 0 Å². The maximum absolute atomic E-state index is 12.4. The van der Waals surface area contributed by atoms with Crippen LogP contribution in [0, 0.1) is 6.92 Å². The number of fused-ring (bicyclic) bond motifs is 1. The molecule has 1 amide bonds. The van der Waals surface area contributed by atoms with Crippen molar-refractivity contribution in [1.82, 2.24) is 5.32 Å².